The van der Waals surface area contributed by atoms with E-state index in [2.05, 4.69) is 25.9 Å². The molecule has 1 fully saturated rings. The Morgan fingerprint density at radius 1 is 1.05 bits per heavy atom. The quantitative estimate of drug-likeness (QED) is 0.206. The first-order chi connectivity index (χ1) is 19.1. The van der Waals surface area contributed by atoms with E-state index in [1.54, 1.807) is 51.2 Å². The van der Waals surface area contributed by atoms with Gasteiger partial charge in [0.2, 0.25) is 5.95 Å². The third-order valence-corrected chi connectivity index (χ3v) is 7.00. The number of H-pyrrole nitrogens is 1. The third kappa shape index (κ3) is 6.71. The van der Waals surface area contributed by atoms with Crippen LogP contribution in [0.3, 0.4) is 0 Å². The van der Waals surface area contributed by atoms with E-state index in [1.807, 2.05) is 30.5 Å². The minimum atomic E-state index is -0.587. The summed E-state index contributed by atoms with van der Waals surface area (Å²) in [6.07, 6.45) is 6.55. The highest BCUT2D eigenvalue weighted by Crippen LogP contribution is 2.32. The lowest BCUT2D eigenvalue weighted by Crippen LogP contribution is -2.42. The first kappa shape index (κ1) is 27.5. The Morgan fingerprint density at radius 2 is 1.80 bits per heavy atom. The number of carbonyl (C=O) groups is 2. The van der Waals surface area contributed by atoms with Crippen LogP contribution in [0.1, 0.15) is 56.8 Å². The van der Waals surface area contributed by atoms with Crippen LogP contribution in [0.2, 0.25) is 5.02 Å². The van der Waals surface area contributed by atoms with Gasteiger partial charge in [-0.05, 0) is 76.8 Å². The summed E-state index contributed by atoms with van der Waals surface area (Å²) in [4.78, 5) is 37.3. The molecule has 1 aliphatic carbocycles. The molecular formula is C30H33ClN6O3. The monoisotopic (exact) mass is 560 g/mol. The highest BCUT2D eigenvalue weighted by molar-refractivity contribution is 6.33. The summed E-state index contributed by atoms with van der Waals surface area (Å²) in [7, 11) is 0. The lowest BCUT2D eigenvalue weighted by atomic mass is 9.91. The molecule has 5 rings (SSSR count). The summed E-state index contributed by atoms with van der Waals surface area (Å²) < 4.78 is 5.27. The Morgan fingerprint density at radius 3 is 2.58 bits per heavy atom. The highest BCUT2D eigenvalue weighted by atomic mass is 35.5. The van der Waals surface area contributed by atoms with Crippen molar-refractivity contribution in [3.05, 3.63) is 71.5 Å². The van der Waals surface area contributed by atoms with Crippen molar-refractivity contribution in [2.75, 3.05) is 10.6 Å². The molecule has 0 aliphatic heterocycles. The highest BCUT2D eigenvalue weighted by Gasteiger charge is 2.25. The Bertz CT molecular complexity index is 1510. The maximum absolute atomic E-state index is 12.9. The van der Waals surface area contributed by atoms with Crippen molar-refractivity contribution in [2.24, 2.45) is 0 Å². The second-order valence-electron chi connectivity index (χ2n) is 11.0. The first-order valence-corrected chi connectivity index (χ1v) is 13.8. The maximum atomic E-state index is 12.9. The van der Waals surface area contributed by atoms with Crippen molar-refractivity contribution in [2.45, 2.75) is 64.1 Å². The summed E-state index contributed by atoms with van der Waals surface area (Å²) >= 11 is 6.49. The van der Waals surface area contributed by atoms with Crippen LogP contribution in [-0.2, 0) is 4.74 Å². The van der Waals surface area contributed by atoms with Gasteiger partial charge in [-0.2, -0.15) is 0 Å². The maximum Gasteiger partial charge on any atom is 0.412 e. The van der Waals surface area contributed by atoms with Crippen LogP contribution >= 0.6 is 11.6 Å². The molecule has 2 heterocycles. The molecule has 1 aliphatic rings. The Balaban J connectivity index is 1.19. The number of nitrogens with one attached hydrogen (secondary N) is 4. The standard InChI is InChI=1S/C30H33ClN6O3/c1-30(2,3)40-29(39)36-19-13-11-18(12-14-19)27(38)34-20-7-6-8-21(15-20)35-28-33-17-24(31)26(37-28)23-16-32-25-10-5-4-9-22(23)25/h4-5,9-14,16-17,20-21,32H,6-8,15H2,1-3H3,(H,34,38)(H,36,39)(H,33,35,37). The lowest BCUT2D eigenvalue weighted by Gasteiger charge is -2.30. The zero-order valence-electron chi connectivity index (χ0n) is 22.8. The summed E-state index contributed by atoms with van der Waals surface area (Å²) in [6.45, 7) is 5.41. The number of ether oxygens (including phenoxy) is 1. The molecule has 40 heavy (non-hydrogen) atoms. The Hall–Kier alpha value is -4.11. The zero-order chi connectivity index (χ0) is 28.3. The number of anilines is 2. The van der Waals surface area contributed by atoms with E-state index in [1.165, 1.54) is 0 Å². The number of rotatable bonds is 6. The van der Waals surface area contributed by atoms with Crippen LogP contribution in [0.15, 0.2) is 60.9 Å². The van der Waals surface area contributed by atoms with E-state index >= 15 is 0 Å². The number of aromatic amines is 1. The topological polar surface area (TPSA) is 121 Å². The smallest absolute Gasteiger partial charge is 0.412 e. The number of nitrogens with zero attached hydrogens (tertiary/aromatic N) is 2. The Kier molecular flexibility index (Phi) is 7.93. The fraction of sp³-hybridized carbons (Fsp3) is 0.333. The second kappa shape index (κ2) is 11.6. The number of hydrogen-bond donors (Lipinski definition) is 4. The number of amides is 2. The van der Waals surface area contributed by atoms with Crippen LogP contribution in [0.4, 0.5) is 16.4 Å². The number of benzene rings is 2. The number of fused-ring (bicyclic) bond motifs is 1. The largest absolute Gasteiger partial charge is 0.444 e. The minimum absolute atomic E-state index is 0.0127. The van der Waals surface area contributed by atoms with E-state index in [-0.39, 0.29) is 18.0 Å². The average Bonchev–Trinajstić information content (AvgIpc) is 3.33. The second-order valence-corrected chi connectivity index (χ2v) is 11.4. The minimum Gasteiger partial charge on any atom is -0.444 e. The van der Waals surface area contributed by atoms with E-state index in [0.29, 0.717) is 27.9 Å². The number of hydrogen-bond acceptors (Lipinski definition) is 6. The summed E-state index contributed by atoms with van der Waals surface area (Å²) in [6, 6.07) is 14.9. The molecule has 1 saturated carbocycles. The SMILES string of the molecule is CC(C)(C)OC(=O)Nc1ccc(C(=O)NC2CCCC(Nc3ncc(Cl)c(-c4c[nH]c5ccccc45)n3)C2)cc1. The van der Waals surface area contributed by atoms with Gasteiger partial charge in [-0.3, -0.25) is 10.1 Å². The molecule has 4 N–H and O–H groups in total. The van der Waals surface area contributed by atoms with Gasteiger partial charge in [0.25, 0.3) is 5.91 Å². The molecule has 4 aromatic rings. The number of aromatic nitrogens is 3. The van der Waals surface area contributed by atoms with Crippen LogP contribution in [0.5, 0.6) is 0 Å². The van der Waals surface area contributed by atoms with Gasteiger partial charge in [-0.25, -0.2) is 14.8 Å². The molecule has 2 aromatic heterocycles. The fourth-order valence-electron chi connectivity index (χ4n) is 4.92. The van der Waals surface area contributed by atoms with E-state index in [4.69, 9.17) is 21.3 Å². The first-order valence-electron chi connectivity index (χ1n) is 13.4. The molecular weight excluding hydrogens is 528 g/mol. The van der Waals surface area contributed by atoms with Gasteiger partial charge in [0.05, 0.1) is 16.9 Å². The summed E-state index contributed by atoms with van der Waals surface area (Å²) in [5.41, 5.74) is 3.10. The normalized spacial score (nSPS) is 17.3. The number of halogens is 1. The molecule has 10 heteroatoms. The predicted molar refractivity (Wildman–Crippen MR) is 158 cm³/mol. The van der Waals surface area contributed by atoms with Crippen molar-refractivity contribution in [3.8, 4) is 11.3 Å². The third-order valence-electron chi connectivity index (χ3n) is 6.72. The summed E-state index contributed by atoms with van der Waals surface area (Å²) in [5.74, 6) is 0.355. The molecule has 0 saturated heterocycles. The van der Waals surface area contributed by atoms with Crippen molar-refractivity contribution in [3.63, 3.8) is 0 Å². The van der Waals surface area contributed by atoms with Gasteiger partial charge in [0, 0.05) is 46.0 Å². The molecule has 0 radical (unpaired) electrons. The van der Waals surface area contributed by atoms with Crippen LogP contribution in [-0.4, -0.2) is 44.6 Å². The molecule has 208 valence electrons. The number of para-hydroxylation sites is 1. The zero-order valence-corrected chi connectivity index (χ0v) is 23.5. The predicted octanol–water partition coefficient (Wildman–Crippen LogP) is 6.78. The van der Waals surface area contributed by atoms with Crippen molar-refractivity contribution in [1.82, 2.24) is 20.3 Å². The van der Waals surface area contributed by atoms with E-state index < -0.39 is 11.7 Å². The van der Waals surface area contributed by atoms with Gasteiger partial charge < -0.3 is 20.4 Å². The molecule has 0 bridgehead atoms. The molecule has 2 unspecified atom stereocenters. The molecule has 0 spiro atoms. The molecule has 2 aromatic carbocycles. The molecule has 9 nitrogen and oxygen atoms in total. The van der Waals surface area contributed by atoms with Crippen molar-refractivity contribution in [1.29, 1.82) is 0 Å². The van der Waals surface area contributed by atoms with Crippen molar-refractivity contribution < 1.29 is 14.3 Å². The fourth-order valence-corrected chi connectivity index (χ4v) is 5.12. The summed E-state index contributed by atoms with van der Waals surface area (Å²) in [5, 5.41) is 10.8. The van der Waals surface area contributed by atoms with Gasteiger partial charge in [0.15, 0.2) is 0 Å². The average molecular weight is 561 g/mol. The van der Waals surface area contributed by atoms with Gasteiger partial charge in [-0.1, -0.05) is 29.8 Å². The van der Waals surface area contributed by atoms with Gasteiger partial charge in [0.1, 0.15) is 5.60 Å². The van der Waals surface area contributed by atoms with Gasteiger partial charge >= 0.3 is 6.09 Å². The van der Waals surface area contributed by atoms with Gasteiger partial charge in [-0.15, -0.1) is 0 Å². The molecule has 2 amide bonds. The van der Waals surface area contributed by atoms with E-state index in [0.717, 1.165) is 42.1 Å². The van der Waals surface area contributed by atoms with Crippen LogP contribution in [0.25, 0.3) is 22.2 Å². The number of carbonyl (C=O) groups excluding carboxylic acids is 2. The Labute approximate surface area is 238 Å². The van der Waals surface area contributed by atoms with Crippen LogP contribution < -0.4 is 16.0 Å². The van der Waals surface area contributed by atoms with E-state index in [9.17, 15) is 9.59 Å². The van der Waals surface area contributed by atoms with Crippen LogP contribution in [0, 0.1) is 0 Å². The lowest BCUT2D eigenvalue weighted by molar-refractivity contribution is 0.0635. The van der Waals surface area contributed by atoms with Crippen molar-refractivity contribution >= 4 is 46.1 Å². The molecule has 2 atom stereocenters.